The summed E-state index contributed by atoms with van der Waals surface area (Å²) in [5.41, 5.74) is 2.28. The van der Waals surface area contributed by atoms with Gasteiger partial charge in [-0.3, -0.25) is 0 Å². The molecule has 2 atom stereocenters. The lowest BCUT2D eigenvalue weighted by Crippen LogP contribution is -2.43. The summed E-state index contributed by atoms with van der Waals surface area (Å²) in [4.78, 5) is 14.2. The highest BCUT2D eigenvalue weighted by Crippen LogP contribution is 2.38. The maximum absolute atomic E-state index is 12.4. The Kier molecular flexibility index (Phi) is 4.96. The highest BCUT2D eigenvalue weighted by Gasteiger charge is 2.37. The molecule has 0 aliphatic carbocycles. The van der Waals surface area contributed by atoms with Crippen molar-refractivity contribution in [2.24, 2.45) is 0 Å². The van der Waals surface area contributed by atoms with Crippen LogP contribution in [0.3, 0.4) is 0 Å². The Morgan fingerprint density at radius 1 is 1.00 bits per heavy atom. The lowest BCUT2D eigenvalue weighted by Gasteiger charge is -2.38. The van der Waals surface area contributed by atoms with Crippen molar-refractivity contribution in [3.63, 3.8) is 0 Å². The van der Waals surface area contributed by atoms with Crippen molar-refractivity contribution in [3.8, 4) is 0 Å². The maximum Gasteiger partial charge on any atom is 0.410 e. The van der Waals surface area contributed by atoms with Gasteiger partial charge in [-0.25, -0.2) is 4.79 Å². The molecule has 0 bridgehead atoms. The average Bonchev–Trinajstić information content (AvgIpc) is 2.62. The Morgan fingerprint density at radius 2 is 1.61 bits per heavy atom. The lowest BCUT2D eigenvalue weighted by atomic mass is 9.87. The Morgan fingerprint density at radius 3 is 2.22 bits per heavy atom. The highest BCUT2D eigenvalue weighted by molar-refractivity contribution is 5.69. The van der Waals surface area contributed by atoms with E-state index in [4.69, 9.17) is 4.74 Å². The van der Waals surface area contributed by atoms with Gasteiger partial charge in [0, 0.05) is 19.0 Å². The molecule has 1 saturated heterocycles. The van der Waals surface area contributed by atoms with Gasteiger partial charge in [0.2, 0.25) is 0 Å². The third kappa shape index (κ3) is 3.55. The van der Waals surface area contributed by atoms with Crippen molar-refractivity contribution < 1.29 is 9.53 Å². The molecule has 1 heterocycles. The van der Waals surface area contributed by atoms with Crippen molar-refractivity contribution in [1.82, 2.24) is 4.90 Å². The number of carbonyl (C=O) groups is 1. The zero-order valence-corrected chi connectivity index (χ0v) is 13.5. The van der Waals surface area contributed by atoms with Crippen LogP contribution in [0, 0.1) is 0 Å². The van der Waals surface area contributed by atoms with Crippen LogP contribution < -0.4 is 0 Å². The molecule has 0 N–H and O–H groups in total. The molecule has 0 unspecified atom stereocenters. The lowest BCUT2D eigenvalue weighted by molar-refractivity contribution is 0.00932. The van der Waals surface area contributed by atoms with Crippen LogP contribution in [-0.2, 0) is 4.74 Å². The molecule has 3 heteroatoms. The van der Waals surface area contributed by atoms with E-state index in [1.807, 2.05) is 53.4 Å². The van der Waals surface area contributed by atoms with Gasteiger partial charge < -0.3 is 9.64 Å². The van der Waals surface area contributed by atoms with Crippen LogP contribution in [0.5, 0.6) is 0 Å². The van der Waals surface area contributed by atoms with Crippen LogP contribution in [-0.4, -0.2) is 24.1 Å². The molecule has 1 aliphatic rings. The van der Waals surface area contributed by atoms with E-state index in [1.54, 1.807) is 0 Å². The molecule has 0 radical (unpaired) electrons. The van der Waals surface area contributed by atoms with E-state index in [2.05, 4.69) is 19.1 Å². The highest BCUT2D eigenvalue weighted by atomic mass is 16.6. The molecule has 1 aliphatic heterocycles. The smallest absolute Gasteiger partial charge is 0.410 e. The standard InChI is InChI=1S/C20H23NO2/c1-2-3-14-21-15-18(16-10-6-4-7-11-16)19(23-20(21)22)17-12-8-5-9-13-17/h4-13,18-19H,2-3,14-15H2,1H3/t18-,19+/m0/s1. The predicted octanol–water partition coefficient (Wildman–Crippen LogP) is 4.76. The molecule has 3 nitrogen and oxygen atoms in total. The van der Waals surface area contributed by atoms with Crippen molar-refractivity contribution >= 4 is 6.09 Å². The van der Waals surface area contributed by atoms with Gasteiger partial charge in [0.05, 0.1) is 0 Å². The van der Waals surface area contributed by atoms with Crippen molar-refractivity contribution in [2.75, 3.05) is 13.1 Å². The van der Waals surface area contributed by atoms with Crippen molar-refractivity contribution in [1.29, 1.82) is 0 Å². The summed E-state index contributed by atoms with van der Waals surface area (Å²) in [7, 11) is 0. The monoisotopic (exact) mass is 309 g/mol. The maximum atomic E-state index is 12.4. The predicted molar refractivity (Wildman–Crippen MR) is 91.3 cm³/mol. The molecular formula is C20H23NO2. The summed E-state index contributed by atoms with van der Waals surface area (Å²) in [6, 6.07) is 20.4. The minimum atomic E-state index is -0.219. The molecule has 0 spiro atoms. The quantitative estimate of drug-likeness (QED) is 0.796. The van der Waals surface area contributed by atoms with Gasteiger partial charge in [-0.05, 0) is 17.5 Å². The SMILES string of the molecule is CCCCN1C[C@@H](c2ccccc2)[C@@H](c2ccccc2)OC1=O. The third-order valence-corrected chi connectivity index (χ3v) is 4.41. The van der Waals surface area contributed by atoms with Gasteiger partial charge in [-0.15, -0.1) is 0 Å². The summed E-state index contributed by atoms with van der Waals surface area (Å²) in [5.74, 6) is 0.160. The van der Waals surface area contributed by atoms with Gasteiger partial charge in [-0.2, -0.15) is 0 Å². The number of nitrogens with zero attached hydrogens (tertiary/aromatic N) is 1. The fourth-order valence-corrected chi connectivity index (χ4v) is 3.13. The van der Waals surface area contributed by atoms with Crippen molar-refractivity contribution in [2.45, 2.75) is 31.8 Å². The normalized spacial score (nSPS) is 21.1. The number of unbranched alkanes of at least 4 members (excludes halogenated alkanes) is 1. The molecule has 1 amide bonds. The molecule has 2 aromatic carbocycles. The van der Waals surface area contributed by atoms with Crippen LogP contribution in [0.15, 0.2) is 60.7 Å². The molecule has 120 valence electrons. The molecule has 0 saturated carbocycles. The second kappa shape index (κ2) is 7.32. The van der Waals surface area contributed by atoms with Crippen LogP contribution in [0.2, 0.25) is 0 Å². The summed E-state index contributed by atoms with van der Waals surface area (Å²) in [5, 5.41) is 0. The zero-order valence-electron chi connectivity index (χ0n) is 13.5. The number of benzene rings is 2. The molecule has 23 heavy (non-hydrogen) atoms. The summed E-state index contributed by atoms with van der Waals surface area (Å²) in [6.07, 6.45) is 1.66. The largest absolute Gasteiger partial charge is 0.440 e. The fraction of sp³-hybridized carbons (Fsp3) is 0.350. The van der Waals surface area contributed by atoms with E-state index in [0.717, 1.165) is 24.9 Å². The minimum absolute atomic E-state index is 0.160. The number of amides is 1. The Bertz CT molecular complexity index is 627. The second-order valence-corrected chi connectivity index (χ2v) is 6.03. The van der Waals surface area contributed by atoms with Crippen molar-refractivity contribution in [3.05, 3.63) is 71.8 Å². The van der Waals surface area contributed by atoms with Crippen LogP contribution >= 0.6 is 0 Å². The molecule has 2 aromatic rings. The van der Waals surface area contributed by atoms with Gasteiger partial charge in [0.1, 0.15) is 6.10 Å². The Labute approximate surface area is 137 Å². The van der Waals surface area contributed by atoms with Crippen LogP contribution in [0.25, 0.3) is 0 Å². The topological polar surface area (TPSA) is 29.5 Å². The van der Waals surface area contributed by atoms with E-state index in [1.165, 1.54) is 5.56 Å². The van der Waals surface area contributed by atoms with Crippen LogP contribution in [0.1, 0.15) is 42.9 Å². The summed E-state index contributed by atoms with van der Waals surface area (Å²) in [6.45, 7) is 3.61. The van der Waals surface area contributed by atoms with Gasteiger partial charge in [0.25, 0.3) is 0 Å². The second-order valence-electron chi connectivity index (χ2n) is 6.03. The Hall–Kier alpha value is -2.29. The first-order valence-electron chi connectivity index (χ1n) is 8.35. The van der Waals surface area contributed by atoms with Gasteiger partial charge >= 0.3 is 6.09 Å². The summed E-state index contributed by atoms with van der Waals surface area (Å²) >= 11 is 0. The third-order valence-electron chi connectivity index (χ3n) is 4.41. The van der Waals surface area contributed by atoms with E-state index < -0.39 is 0 Å². The fourth-order valence-electron chi connectivity index (χ4n) is 3.13. The van der Waals surface area contributed by atoms with Crippen LogP contribution in [0.4, 0.5) is 4.79 Å². The molecule has 3 rings (SSSR count). The Balaban J connectivity index is 1.89. The number of ether oxygens (including phenoxy) is 1. The van der Waals surface area contributed by atoms with E-state index in [0.29, 0.717) is 6.54 Å². The zero-order chi connectivity index (χ0) is 16.1. The first-order chi connectivity index (χ1) is 11.3. The number of hydrogen-bond donors (Lipinski definition) is 0. The minimum Gasteiger partial charge on any atom is -0.440 e. The van der Waals surface area contributed by atoms with E-state index in [9.17, 15) is 4.79 Å². The molecule has 0 aromatic heterocycles. The van der Waals surface area contributed by atoms with Gasteiger partial charge in [0.15, 0.2) is 0 Å². The van der Waals surface area contributed by atoms with E-state index >= 15 is 0 Å². The number of hydrogen-bond acceptors (Lipinski definition) is 2. The number of carbonyl (C=O) groups excluding carboxylic acids is 1. The number of cyclic esters (lactones) is 1. The molecule has 1 fully saturated rings. The van der Waals surface area contributed by atoms with Gasteiger partial charge in [-0.1, -0.05) is 74.0 Å². The number of rotatable bonds is 5. The molecular weight excluding hydrogens is 286 g/mol. The summed E-state index contributed by atoms with van der Waals surface area (Å²) < 4.78 is 5.84. The first kappa shape index (κ1) is 15.6. The first-order valence-corrected chi connectivity index (χ1v) is 8.35. The average molecular weight is 309 g/mol. The van der Waals surface area contributed by atoms with E-state index in [-0.39, 0.29) is 18.1 Å².